The Kier molecular flexibility index (Phi) is 8.50. The highest BCUT2D eigenvalue weighted by molar-refractivity contribution is 9.10. The molecule has 0 atom stereocenters. The first-order valence-electron chi connectivity index (χ1n) is 9.74. The minimum absolute atomic E-state index is 0.190. The molecule has 0 fully saturated rings. The van der Waals surface area contributed by atoms with E-state index in [1.54, 1.807) is 6.21 Å². The Morgan fingerprint density at radius 2 is 1.84 bits per heavy atom. The molecule has 0 aromatic heterocycles. The van der Waals surface area contributed by atoms with Gasteiger partial charge in [0.1, 0.15) is 6.61 Å². The molecule has 0 bridgehead atoms. The number of benzene rings is 3. The van der Waals surface area contributed by atoms with E-state index in [1.165, 1.54) is 0 Å². The zero-order chi connectivity index (χ0) is 22.1. The lowest BCUT2D eigenvalue weighted by Gasteiger charge is -2.12. The average Bonchev–Trinajstić information content (AvgIpc) is 2.75. The molecule has 5 nitrogen and oxygen atoms in total. The van der Waals surface area contributed by atoms with Crippen LogP contribution in [-0.4, -0.2) is 18.7 Å². The monoisotopic (exact) mass is 500 g/mol. The van der Waals surface area contributed by atoms with Crippen LogP contribution >= 0.6 is 27.5 Å². The number of nitrogens with zero attached hydrogens (tertiary/aromatic N) is 1. The standard InChI is InChI=1S/C24H22BrClN2O3/c1-2-30-23-13-18(8-11-22(23)31-16-19-4-3-5-21(26)12-19)15-27-28-24(29)14-17-6-9-20(25)10-7-17/h3-13,15H,2,14,16H2,1H3,(H,28,29)/b27-15-. The molecule has 3 aromatic carbocycles. The third-order valence-electron chi connectivity index (χ3n) is 4.23. The van der Waals surface area contributed by atoms with Crippen LogP contribution in [0.5, 0.6) is 11.5 Å². The second-order valence-electron chi connectivity index (χ2n) is 6.65. The molecule has 0 saturated heterocycles. The van der Waals surface area contributed by atoms with Gasteiger partial charge in [0.2, 0.25) is 5.91 Å². The lowest BCUT2D eigenvalue weighted by molar-refractivity contribution is -0.120. The molecule has 160 valence electrons. The average molecular weight is 502 g/mol. The van der Waals surface area contributed by atoms with Gasteiger partial charge in [0, 0.05) is 9.50 Å². The van der Waals surface area contributed by atoms with E-state index in [2.05, 4.69) is 26.5 Å². The van der Waals surface area contributed by atoms with Gasteiger partial charge in [-0.15, -0.1) is 0 Å². The van der Waals surface area contributed by atoms with Gasteiger partial charge < -0.3 is 9.47 Å². The topological polar surface area (TPSA) is 59.9 Å². The maximum Gasteiger partial charge on any atom is 0.244 e. The second-order valence-corrected chi connectivity index (χ2v) is 8.01. The second kappa shape index (κ2) is 11.5. The largest absolute Gasteiger partial charge is 0.490 e. The molecule has 0 heterocycles. The Morgan fingerprint density at radius 3 is 2.58 bits per heavy atom. The van der Waals surface area contributed by atoms with E-state index in [0.29, 0.717) is 29.7 Å². The third-order valence-corrected chi connectivity index (χ3v) is 5.00. The molecule has 0 unspecified atom stereocenters. The molecule has 7 heteroatoms. The quantitative estimate of drug-likeness (QED) is 0.299. The number of carbonyl (C=O) groups is 1. The molecule has 0 saturated carbocycles. The van der Waals surface area contributed by atoms with Gasteiger partial charge in [-0.3, -0.25) is 4.79 Å². The van der Waals surface area contributed by atoms with Crippen LogP contribution in [0.4, 0.5) is 0 Å². The number of carbonyl (C=O) groups excluding carboxylic acids is 1. The lowest BCUT2D eigenvalue weighted by Crippen LogP contribution is -2.19. The normalized spacial score (nSPS) is 10.8. The van der Waals surface area contributed by atoms with Crippen molar-refractivity contribution in [1.29, 1.82) is 0 Å². The van der Waals surface area contributed by atoms with Crippen molar-refractivity contribution in [2.24, 2.45) is 5.10 Å². The van der Waals surface area contributed by atoms with Gasteiger partial charge in [0.25, 0.3) is 0 Å². The van der Waals surface area contributed by atoms with Crippen molar-refractivity contribution in [3.05, 3.63) is 92.9 Å². The molecule has 1 amide bonds. The van der Waals surface area contributed by atoms with Crippen molar-refractivity contribution in [2.45, 2.75) is 20.0 Å². The molecule has 1 N–H and O–H groups in total. The minimum atomic E-state index is -0.190. The SMILES string of the molecule is CCOc1cc(/C=N\NC(=O)Cc2ccc(Br)cc2)ccc1OCc1cccc(Cl)c1. The first-order valence-corrected chi connectivity index (χ1v) is 10.9. The molecule has 31 heavy (non-hydrogen) atoms. The minimum Gasteiger partial charge on any atom is -0.490 e. The van der Waals surface area contributed by atoms with Crippen LogP contribution in [0.15, 0.2) is 76.3 Å². The van der Waals surface area contributed by atoms with Crippen molar-refractivity contribution in [3.63, 3.8) is 0 Å². The number of hydrazone groups is 1. The summed E-state index contributed by atoms with van der Waals surface area (Å²) in [6, 6.07) is 20.6. The van der Waals surface area contributed by atoms with Crippen molar-refractivity contribution in [1.82, 2.24) is 5.43 Å². The first-order chi connectivity index (χ1) is 15.0. The summed E-state index contributed by atoms with van der Waals surface area (Å²) in [4.78, 5) is 12.1. The molecule has 3 rings (SSSR count). The van der Waals surface area contributed by atoms with Gasteiger partial charge >= 0.3 is 0 Å². The number of hydrogen-bond donors (Lipinski definition) is 1. The molecule has 3 aromatic rings. The summed E-state index contributed by atoms with van der Waals surface area (Å²) >= 11 is 9.40. The number of ether oxygens (including phenoxy) is 2. The smallest absolute Gasteiger partial charge is 0.244 e. The van der Waals surface area contributed by atoms with E-state index >= 15 is 0 Å². The summed E-state index contributed by atoms with van der Waals surface area (Å²) in [6.07, 6.45) is 1.83. The third kappa shape index (κ3) is 7.42. The molecule has 0 aliphatic heterocycles. The van der Waals surface area contributed by atoms with Crippen LogP contribution in [0.25, 0.3) is 0 Å². The van der Waals surface area contributed by atoms with Gasteiger partial charge in [0.15, 0.2) is 11.5 Å². The van der Waals surface area contributed by atoms with E-state index in [-0.39, 0.29) is 12.3 Å². The van der Waals surface area contributed by atoms with Gasteiger partial charge in [-0.1, -0.05) is 51.8 Å². The van der Waals surface area contributed by atoms with E-state index < -0.39 is 0 Å². The van der Waals surface area contributed by atoms with Crippen LogP contribution in [0, 0.1) is 0 Å². The van der Waals surface area contributed by atoms with Crippen molar-refractivity contribution >= 4 is 39.7 Å². The van der Waals surface area contributed by atoms with Crippen LogP contribution in [0.3, 0.4) is 0 Å². The molecule has 0 spiro atoms. The van der Waals surface area contributed by atoms with E-state index in [1.807, 2.05) is 73.7 Å². The summed E-state index contributed by atoms with van der Waals surface area (Å²) in [7, 11) is 0. The van der Waals surface area contributed by atoms with Crippen molar-refractivity contribution < 1.29 is 14.3 Å². The first kappa shape index (κ1) is 22.8. The Morgan fingerprint density at radius 1 is 1.03 bits per heavy atom. The Labute approximate surface area is 195 Å². The number of nitrogens with one attached hydrogen (secondary N) is 1. The zero-order valence-corrected chi connectivity index (χ0v) is 19.3. The summed E-state index contributed by atoms with van der Waals surface area (Å²) in [5.74, 6) is 1.04. The van der Waals surface area contributed by atoms with Crippen molar-refractivity contribution in [2.75, 3.05) is 6.61 Å². The summed E-state index contributed by atoms with van der Waals surface area (Å²) in [6.45, 7) is 2.78. The predicted octanol–water partition coefficient (Wildman–Crippen LogP) is 5.77. The van der Waals surface area contributed by atoms with E-state index in [9.17, 15) is 4.79 Å². The van der Waals surface area contributed by atoms with Crippen LogP contribution in [-0.2, 0) is 17.8 Å². The van der Waals surface area contributed by atoms with Gasteiger partial charge in [-0.2, -0.15) is 5.10 Å². The summed E-state index contributed by atoms with van der Waals surface area (Å²) in [5, 5.41) is 4.71. The zero-order valence-electron chi connectivity index (χ0n) is 17.0. The molecular weight excluding hydrogens is 480 g/mol. The number of amides is 1. The van der Waals surface area contributed by atoms with Crippen molar-refractivity contribution in [3.8, 4) is 11.5 Å². The fraction of sp³-hybridized carbons (Fsp3) is 0.167. The van der Waals surface area contributed by atoms with Gasteiger partial charge in [-0.25, -0.2) is 5.43 Å². The fourth-order valence-electron chi connectivity index (χ4n) is 2.79. The summed E-state index contributed by atoms with van der Waals surface area (Å²) in [5.41, 5.74) is 5.21. The molecular formula is C24H22BrClN2O3. The Balaban J connectivity index is 1.60. The molecule has 0 radical (unpaired) electrons. The maximum atomic E-state index is 12.1. The van der Waals surface area contributed by atoms with Gasteiger partial charge in [-0.05, 0) is 66.1 Å². The van der Waals surface area contributed by atoms with E-state index in [4.69, 9.17) is 21.1 Å². The number of rotatable bonds is 9. The Hall–Kier alpha value is -2.83. The van der Waals surface area contributed by atoms with E-state index in [0.717, 1.165) is 21.2 Å². The highest BCUT2D eigenvalue weighted by Gasteiger charge is 2.07. The van der Waals surface area contributed by atoms with Crippen LogP contribution in [0.2, 0.25) is 5.02 Å². The number of halogens is 2. The van der Waals surface area contributed by atoms with Crippen LogP contribution < -0.4 is 14.9 Å². The maximum absolute atomic E-state index is 12.1. The fourth-order valence-corrected chi connectivity index (χ4v) is 3.26. The molecule has 0 aliphatic carbocycles. The van der Waals surface area contributed by atoms with Gasteiger partial charge in [0.05, 0.1) is 19.2 Å². The van der Waals surface area contributed by atoms with Crippen LogP contribution in [0.1, 0.15) is 23.6 Å². The predicted molar refractivity (Wildman–Crippen MR) is 127 cm³/mol. The highest BCUT2D eigenvalue weighted by atomic mass is 79.9. The highest BCUT2D eigenvalue weighted by Crippen LogP contribution is 2.29. The summed E-state index contributed by atoms with van der Waals surface area (Å²) < 4.78 is 12.6. The molecule has 0 aliphatic rings. The lowest BCUT2D eigenvalue weighted by atomic mass is 10.1. The Bertz CT molecular complexity index is 1050. The number of hydrogen-bond acceptors (Lipinski definition) is 4.